The van der Waals surface area contributed by atoms with Crippen molar-refractivity contribution in [1.82, 2.24) is 0 Å². The van der Waals surface area contributed by atoms with Crippen molar-refractivity contribution in [3.8, 4) is 16.9 Å². The Morgan fingerprint density at radius 3 is 2.29 bits per heavy atom. The van der Waals surface area contributed by atoms with E-state index in [1.807, 2.05) is 73.7 Å². The third-order valence-corrected chi connectivity index (χ3v) is 4.10. The van der Waals surface area contributed by atoms with E-state index >= 15 is 0 Å². The predicted octanol–water partition coefficient (Wildman–Crippen LogP) is 4.22. The van der Waals surface area contributed by atoms with E-state index in [-0.39, 0.29) is 13.2 Å². The number of hydrogen-bond acceptors (Lipinski definition) is 4. The third kappa shape index (κ3) is 5.20. The first-order valence-corrected chi connectivity index (χ1v) is 8.92. The lowest BCUT2D eigenvalue weighted by molar-refractivity contribution is -0.149. The SMILES string of the molecule is Cc1ccccc1NC(=O)COC(=O)COc1ccccc1-c1ccccc1. The second-order valence-electron chi connectivity index (χ2n) is 6.17. The molecule has 0 atom stereocenters. The van der Waals surface area contributed by atoms with Gasteiger partial charge < -0.3 is 14.8 Å². The van der Waals surface area contributed by atoms with E-state index in [0.717, 1.165) is 16.7 Å². The largest absolute Gasteiger partial charge is 0.481 e. The highest BCUT2D eigenvalue weighted by Gasteiger charge is 2.11. The Balaban J connectivity index is 1.51. The highest BCUT2D eigenvalue weighted by Crippen LogP contribution is 2.29. The maximum atomic E-state index is 12.0. The van der Waals surface area contributed by atoms with Crippen molar-refractivity contribution in [2.75, 3.05) is 18.5 Å². The molecular weight excluding hydrogens is 354 g/mol. The molecule has 0 heterocycles. The zero-order chi connectivity index (χ0) is 19.8. The van der Waals surface area contributed by atoms with Crippen LogP contribution in [0.25, 0.3) is 11.1 Å². The van der Waals surface area contributed by atoms with Gasteiger partial charge in [0.1, 0.15) is 5.75 Å². The maximum Gasteiger partial charge on any atom is 0.344 e. The van der Waals surface area contributed by atoms with Crippen LogP contribution in [-0.4, -0.2) is 25.1 Å². The van der Waals surface area contributed by atoms with E-state index in [9.17, 15) is 9.59 Å². The first kappa shape index (κ1) is 19.2. The summed E-state index contributed by atoms with van der Waals surface area (Å²) >= 11 is 0. The lowest BCUT2D eigenvalue weighted by Gasteiger charge is -2.12. The Morgan fingerprint density at radius 2 is 1.50 bits per heavy atom. The average Bonchev–Trinajstić information content (AvgIpc) is 2.73. The van der Waals surface area contributed by atoms with Crippen molar-refractivity contribution >= 4 is 17.6 Å². The van der Waals surface area contributed by atoms with Crippen molar-refractivity contribution in [3.05, 3.63) is 84.4 Å². The molecule has 1 N–H and O–H groups in total. The minimum absolute atomic E-state index is 0.276. The maximum absolute atomic E-state index is 12.0. The number of ether oxygens (including phenoxy) is 2. The number of nitrogens with one attached hydrogen (secondary N) is 1. The number of carbonyl (C=O) groups excluding carboxylic acids is 2. The first-order chi connectivity index (χ1) is 13.6. The Labute approximate surface area is 163 Å². The standard InChI is InChI=1S/C23H21NO4/c1-17-9-5-7-13-20(17)24-22(25)15-28-23(26)16-27-21-14-8-6-12-19(21)18-10-3-2-4-11-18/h2-14H,15-16H2,1H3,(H,24,25). The molecule has 0 aliphatic heterocycles. The molecule has 0 radical (unpaired) electrons. The molecule has 5 heteroatoms. The van der Waals surface area contributed by atoms with E-state index in [0.29, 0.717) is 11.4 Å². The minimum Gasteiger partial charge on any atom is -0.481 e. The van der Waals surface area contributed by atoms with Gasteiger partial charge in [0.2, 0.25) is 0 Å². The van der Waals surface area contributed by atoms with Gasteiger partial charge in [0, 0.05) is 11.3 Å². The molecule has 142 valence electrons. The van der Waals surface area contributed by atoms with E-state index in [4.69, 9.17) is 9.47 Å². The number of anilines is 1. The predicted molar refractivity (Wildman–Crippen MR) is 108 cm³/mol. The fraction of sp³-hybridized carbons (Fsp3) is 0.130. The molecule has 5 nitrogen and oxygen atoms in total. The van der Waals surface area contributed by atoms with E-state index in [1.165, 1.54) is 0 Å². The van der Waals surface area contributed by atoms with Crippen LogP contribution in [0.5, 0.6) is 5.75 Å². The van der Waals surface area contributed by atoms with Crippen molar-refractivity contribution in [3.63, 3.8) is 0 Å². The van der Waals surface area contributed by atoms with Gasteiger partial charge in [-0.3, -0.25) is 4.79 Å². The Kier molecular flexibility index (Phi) is 6.41. The molecule has 0 spiro atoms. The zero-order valence-electron chi connectivity index (χ0n) is 15.6. The molecule has 0 bridgehead atoms. The Bertz CT molecular complexity index is 954. The van der Waals surface area contributed by atoms with Crippen LogP contribution in [0.1, 0.15) is 5.56 Å². The molecule has 0 fully saturated rings. The van der Waals surface area contributed by atoms with E-state index in [2.05, 4.69) is 5.32 Å². The van der Waals surface area contributed by atoms with E-state index in [1.54, 1.807) is 12.1 Å². The van der Waals surface area contributed by atoms with Crippen LogP contribution in [0.2, 0.25) is 0 Å². The molecule has 0 aliphatic carbocycles. The fourth-order valence-electron chi connectivity index (χ4n) is 2.67. The summed E-state index contributed by atoms with van der Waals surface area (Å²) in [6, 6.07) is 24.6. The van der Waals surface area contributed by atoms with Crippen molar-refractivity contribution < 1.29 is 19.1 Å². The average molecular weight is 375 g/mol. The number of benzene rings is 3. The normalized spacial score (nSPS) is 10.2. The number of aryl methyl sites for hydroxylation is 1. The summed E-state index contributed by atoms with van der Waals surface area (Å²) in [6.45, 7) is 1.25. The van der Waals surface area contributed by atoms with Gasteiger partial charge in [0.15, 0.2) is 13.2 Å². The van der Waals surface area contributed by atoms with Gasteiger partial charge >= 0.3 is 5.97 Å². The zero-order valence-corrected chi connectivity index (χ0v) is 15.6. The second-order valence-corrected chi connectivity index (χ2v) is 6.17. The summed E-state index contributed by atoms with van der Waals surface area (Å²) in [5.74, 6) is -0.426. The molecule has 3 aromatic rings. The van der Waals surface area contributed by atoms with E-state index < -0.39 is 11.9 Å². The van der Waals surface area contributed by atoms with Crippen molar-refractivity contribution in [2.45, 2.75) is 6.92 Å². The van der Waals surface area contributed by atoms with Crippen LogP contribution >= 0.6 is 0 Å². The number of esters is 1. The number of carbonyl (C=O) groups is 2. The number of rotatable bonds is 7. The number of amides is 1. The molecule has 3 rings (SSSR count). The summed E-state index contributed by atoms with van der Waals surface area (Å²) in [6.07, 6.45) is 0. The third-order valence-electron chi connectivity index (χ3n) is 4.10. The molecule has 0 aliphatic rings. The van der Waals surface area contributed by atoms with Crippen LogP contribution < -0.4 is 10.1 Å². The van der Waals surface area contributed by atoms with Crippen LogP contribution in [0.15, 0.2) is 78.9 Å². The van der Waals surface area contributed by atoms with Crippen LogP contribution in [-0.2, 0) is 14.3 Å². The summed E-state index contributed by atoms with van der Waals surface area (Å²) in [7, 11) is 0. The molecule has 0 saturated carbocycles. The summed E-state index contributed by atoms with van der Waals surface area (Å²) in [4.78, 5) is 23.9. The van der Waals surface area contributed by atoms with Gasteiger partial charge in [0.25, 0.3) is 5.91 Å². The summed E-state index contributed by atoms with van der Waals surface area (Å²) < 4.78 is 10.6. The quantitative estimate of drug-likeness (QED) is 0.628. The van der Waals surface area contributed by atoms with Crippen molar-refractivity contribution in [1.29, 1.82) is 0 Å². The minimum atomic E-state index is -0.609. The van der Waals surface area contributed by atoms with Gasteiger partial charge in [-0.05, 0) is 30.2 Å². The molecule has 0 aromatic heterocycles. The number of para-hydroxylation sites is 2. The van der Waals surface area contributed by atoms with Gasteiger partial charge in [-0.1, -0.05) is 66.7 Å². The summed E-state index contributed by atoms with van der Waals surface area (Å²) in [5.41, 5.74) is 3.50. The molecular formula is C23H21NO4. The fourth-order valence-corrected chi connectivity index (χ4v) is 2.67. The first-order valence-electron chi connectivity index (χ1n) is 8.92. The summed E-state index contributed by atoms with van der Waals surface area (Å²) in [5, 5.41) is 2.71. The van der Waals surface area contributed by atoms with Gasteiger partial charge in [-0.25, -0.2) is 4.79 Å². The van der Waals surface area contributed by atoms with Gasteiger partial charge in [0.05, 0.1) is 0 Å². The Hall–Kier alpha value is -3.60. The van der Waals surface area contributed by atoms with Crippen LogP contribution in [0.4, 0.5) is 5.69 Å². The molecule has 1 amide bonds. The lowest BCUT2D eigenvalue weighted by atomic mass is 10.1. The highest BCUT2D eigenvalue weighted by molar-refractivity contribution is 5.93. The van der Waals surface area contributed by atoms with Gasteiger partial charge in [-0.15, -0.1) is 0 Å². The molecule has 0 unspecified atom stereocenters. The highest BCUT2D eigenvalue weighted by atomic mass is 16.6. The number of hydrogen-bond donors (Lipinski definition) is 1. The monoisotopic (exact) mass is 375 g/mol. The molecule has 0 saturated heterocycles. The van der Waals surface area contributed by atoms with Crippen molar-refractivity contribution in [2.24, 2.45) is 0 Å². The Morgan fingerprint density at radius 1 is 0.821 bits per heavy atom. The molecule has 28 heavy (non-hydrogen) atoms. The second kappa shape index (κ2) is 9.37. The van der Waals surface area contributed by atoms with Crippen LogP contribution in [0, 0.1) is 6.92 Å². The lowest BCUT2D eigenvalue weighted by Crippen LogP contribution is -2.24. The topological polar surface area (TPSA) is 64.6 Å². The molecule has 3 aromatic carbocycles. The van der Waals surface area contributed by atoms with Crippen LogP contribution in [0.3, 0.4) is 0 Å². The van der Waals surface area contributed by atoms with Gasteiger partial charge in [-0.2, -0.15) is 0 Å². The smallest absolute Gasteiger partial charge is 0.344 e.